The van der Waals surface area contributed by atoms with Gasteiger partial charge in [-0.25, -0.2) is 8.42 Å². The van der Waals surface area contributed by atoms with Gasteiger partial charge in [0.25, 0.3) is 0 Å². The summed E-state index contributed by atoms with van der Waals surface area (Å²) < 4.78 is 30.9. The largest absolute Gasteiger partial charge is 0.441 e. The smallest absolute Gasteiger partial charge is 0.216 e. The molecule has 25 heavy (non-hydrogen) atoms. The molecule has 0 aliphatic carbocycles. The molecular formula is C18H17ClN2O3S. The van der Waals surface area contributed by atoms with Crippen molar-refractivity contribution in [3.63, 3.8) is 0 Å². The normalized spacial score (nSPS) is 15.8. The van der Waals surface area contributed by atoms with Gasteiger partial charge < -0.3 is 9.32 Å². The summed E-state index contributed by atoms with van der Waals surface area (Å²) in [6.45, 7) is 1.84. The zero-order valence-corrected chi connectivity index (χ0v) is 15.1. The van der Waals surface area contributed by atoms with Gasteiger partial charge in [-0.2, -0.15) is 5.26 Å². The van der Waals surface area contributed by atoms with E-state index in [-0.39, 0.29) is 9.80 Å². The molecule has 1 saturated heterocycles. The third-order valence-corrected chi connectivity index (χ3v) is 6.01. The molecular weight excluding hydrogens is 360 g/mol. The van der Waals surface area contributed by atoms with Crippen LogP contribution in [-0.4, -0.2) is 21.5 Å². The van der Waals surface area contributed by atoms with Crippen molar-refractivity contribution in [1.82, 2.24) is 0 Å². The van der Waals surface area contributed by atoms with Gasteiger partial charge in [0.2, 0.25) is 9.84 Å². The molecule has 5 nitrogen and oxygen atoms in total. The van der Waals surface area contributed by atoms with Crippen molar-refractivity contribution >= 4 is 33.4 Å². The summed E-state index contributed by atoms with van der Waals surface area (Å²) in [5, 5.41) is 9.75. The Morgan fingerprint density at radius 2 is 1.80 bits per heavy atom. The van der Waals surface area contributed by atoms with Crippen LogP contribution >= 0.6 is 11.6 Å². The van der Waals surface area contributed by atoms with Crippen molar-refractivity contribution < 1.29 is 12.8 Å². The number of nitrogens with zero attached hydrogens (tertiary/aromatic N) is 2. The van der Waals surface area contributed by atoms with Gasteiger partial charge in [-0.05, 0) is 49.6 Å². The molecule has 0 saturated carbocycles. The fourth-order valence-electron chi connectivity index (χ4n) is 2.74. The number of nitriles is 1. The topological polar surface area (TPSA) is 74.3 Å². The first-order valence-corrected chi connectivity index (χ1v) is 9.84. The first kappa shape index (κ1) is 17.6. The van der Waals surface area contributed by atoms with Crippen molar-refractivity contribution in [2.45, 2.75) is 24.2 Å². The number of sulfone groups is 1. The number of rotatable bonds is 4. The maximum Gasteiger partial charge on any atom is 0.216 e. The molecule has 130 valence electrons. The average Bonchev–Trinajstić information content (AvgIpc) is 3.09. The number of halogens is 1. The standard InChI is InChI=1S/C18H17ClN2O3S/c19-14-4-7-16(8-5-14)25(22,23)17(13-20)12-15-6-9-18(24-15)21-10-2-1-3-11-21/h4-9,12H,1-3,10-11H2/b17-12-. The van der Waals surface area contributed by atoms with Gasteiger partial charge in [-0.3, -0.25) is 0 Å². The zero-order chi connectivity index (χ0) is 17.9. The van der Waals surface area contributed by atoms with E-state index in [2.05, 4.69) is 4.90 Å². The Hall–Kier alpha value is -2.23. The summed E-state index contributed by atoms with van der Waals surface area (Å²) in [7, 11) is -3.91. The van der Waals surface area contributed by atoms with Crippen molar-refractivity contribution in [3.05, 3.63) is 52.1 Å². The highest BCUT2D eigenvalue weighted by Crippen LogP contribution is 2.26. The van der Waals surface area contributed by atoms with Crippen molar-refractivity contribution in [2.75, 3.05) is 18.0 Å². The minimum atomic E-state index is -3.91. The number of piperidine rings is 1. The van der Waals surface area contributed by atoms with Crippen molar-refractivity contribution in [1.29, 1.82) is 5.26 Å². The quantitative estimate of drug-likeness (QED) is 0.745. The van der Waals surface area contributed by atoms with Crippen LogP contribution in [0.4, 0.5) is 5.88 Å². The van der Waals surface area contributed by atoms with Gasteiger partial charge in [-0.1, -0.05) is 11.6 Å². The first-order valence-electron chi connectivity index (χ1n) is 7.98. The predicted octanol–water partition coefficient (Wildman–Crippen LogP) is 4.26. The van der Waals surface area contributed by atoms with E-state index in [4.69, 9.17) is 16.0 Å². The van der Waals surface area contributed by atoms with Gasteiger partial charge in [0.1, 0.15) is 11.8 Å². The summed E-state index contributed by atoms with van der Waals surface area (Å²) in [6, 6.07) is 11.0. The monoisotopic (exact) mass is 376 g/mol. The second-order valence-electron chi connectivity index (χ2n) is 5.80. The highest BCUT2D eigenvalue weighted by molar-refractivity contribution is 7.95. The molecule has 0 N–H and O–H groups in total. The third-order valence-electron chi connectivity index (χ3n) is 4.08. The molecule has 0 bridgehead atoms. The second kappa shape index (κ2) is 7.34. The number of benzene rings is 1. The Kier molecular flexibility index (Phi) is 5.16. The Labute approximate surface area is 152 Å². The lowest BCUT2D eigenvalue weighted by Crippen LogP contribution is -2.28. The number of allylic oxidation sites excluding steroid dienone is 1. The molecule has 7 heteroatoms. The molecule has 3 rings (SSSR count). The number of hydrogen-bond donors (Lipinski definition) is 0. The lowest BCUT2D eigenvalue weighted by atomic mass is 10.1. The van der Waals surface area contributed by atoms with Crippen LogP contribution in [0.1, 0.15) is 25.0 Å². The summed E-state index contributed by atoms with van der Waals surface area (Å²) in [6.07, 6.45) is 4.69. The zero-order valence-electron chi connectivity index (χ0n) is 13.5. The van der Waals surface area contributed by atoms with E-state index in [0.29, 0.717) is 16.7 Å². The van der Waals surface area contributed by atoms with Gasteiger partial charge in [0, 0.05) is 30.3 Å². The Morgan fingerprint density at radius 3 is 2.44 bits per heavy atom. The number of furan rings is 1. The van der Waals surface area contributed by atoms with E-state index in [0.717, 1.165) is 25.9 Å². The van der Waals surface area contributed by atoms with Crippen LogP contribution in [0.3, 0.4) is 0 Å². The van der Waals surface area contributed by atoms with Crippen LogP contribution in [0.15, 0.2) is 50.6 Å². The van der Waals surface area contributed by atoms with E-state index in [1.807, 2.05) is 0 Å². The van der Waals surface area contributed by atoms with Crippen LogP contribution in [-0.2, 0) is 9.84 Å². The molecule has 1 aliphatic heterocycles. The minimum absolute atomic E-state index is 0.0208. The lowest BCUT2D eigenvalue weighted by molar-refractivity contribution is 0.496. The molecule has 1 aliphatic rings. The van der Waals surface area contributed by atoms with E-state index in [1.54, 1.807) is 18.2 Å². The Balaban J connectivity index is 1.89. The molecule has 2 heterocycles. The highest BCUT2D eigenvalue weighted by atomic mass is 35.5. The molecule has 1 fully saturated rings. The minimum Gasteiger partial charge on any atom is -0.441 e. The van der Waals surface area contributed by atoms with Crippen LogP contribution < -0.4 is 4.90 Å². The molecule has 0 amide bonds. The molecule has 1 aromatic heterocycles. The second-order valence-corrected chi connectivity index (χ2v) is 8.16. The molecule has 0 unspecified atom stereocenters. The van der Waals surface area contributed by atoms with Gasteiger partial charge >= 0.3 is 0 Å². The highest BCUT2D eigenvalue weighted by Gasteiger charge is 2.22. The predicted molar refractivity (Wildman–Crippen MR) is 97.0 cm³/mol. The molecule has 0 spiro atoms. The van der Waals surface area contributed by atoms with Crippen LogP contribution in [0.5, 0.6) is 0 Å². The average molecular weight is 377 g/mol. The van der Waals surface area contributed by atoms with Crippen molar-refractivity contribution in [3.8, 4) is 6.07 Å². The van der Waals surface area contributed by atoms with E-state index >= 15 is 0 Å². The number of hydrogen-bond acceptors (Lipinski definition) is 5. The summed E-state index contributed by atoms with van der Waals surface area (Å²) in [5.41, 5.74) is 0. The molecule has 2 aromatic rings. The molecule has 0 atom stereocenters. The maximum atomic E-state index is 12.6. The van der Waals surface area contributed by atoms with Gasteiger partial charge in [-0.15, -0.1) is 0 Å². The Morgan fingerprint density at radius 1 is 1.12 bits per heavy atom. The first-order chi connectivity index (χ1) is 12.0. The summed E-state index contributed by atoms with van der Waals surface area (Å²) >= 11 is 5.79. The van der Waals surface area contributed by atoms with Crippen molar-refractivity contribution in [2.24, 2.45) is 0 Å². The number of anilines is 1. The molecule has 0 radical (unpaired) electrons. The summed E-state index contributed by atoms with van der Waals surface area (Å²) in [5.74, 6) is 1.04. The van der Waals surface area contributed by atoms with Gasteiger partial charge in [0.05, 0.1) is 4.90 Å². The third kappa shape index (κ3) is 3.89. The SMILES string of the molecule is N#C/C(=C/c1ccc(N2CCCCC2)o1)S(=O)(=O)c1ccc(Cl)cc1. The van der Waals surface area contributed by atoms with Crippen LogP contribution in [0.25, 0.3) is 6.08 Å². The van der Waals surface area contributed by atoms with Gasteiger partial charge in [0.15, 0.2) is 10.8 Å². The lowest BCUT2D eigenvalue weighted by Gasteiger charge is -2.25. The van der Waals surface area contributed by atoms with E-state index < -0.39 is 9.84 Å². The molecule has 1 aromatic carbocycles. The van der Waals surface area contributed by atoms with Crippen LogP contribution in [0, 0.1) is 11.3 Å². The van der Waals surface area contributed by atoms with E-state index in [9.17, 15) is 13.7 Å². The maximum absolute atomic E-state index is 12.6. The Bertz CT molecular complexity index is 918. The fourth-order valence-corrected chi connectivity index (χ4v) is 4.01. The summed E-state index contributed by atoms with van der Waals surface area (Å²) in [4.78, 5) is 1.78. The van der Waals surface area contributed by atoms with E-state index in [1.165, 1.54) is 36.8 Å². The van der Waals surface area contributed by atoms with Crippen LogP contribution in [0.2, 0.25) is 5.02 Å². The fraction of sp³-hybridized carbons (Fsp3) is 0.278.